The summed E-state index contributed by atoms with van der Waals surface area (Å²) in [4.78, 5) is 36.8. The molecule has 2 aliphatic carbocycles. The maximum absolute atomic E-state index is 12.9. The van der Waals surface area contributed by atoms with Gasteiger partial charge in [-0.05, 0) is 45.4 Å². The number of ether oxygens (including phenoxy) is 1. The largest absolute Gasteiger partial charge is 0.480 e. The van der Waals surface area contributed by atoms with E-state index < -0.39 is 35.7 Å². The van der Waals surface area contributed by atoms with Crippen LogP contribution in [0.1, 0.15) is 85.0 Å². The van der Waals surface area contributed by atoms with Crippen LogP contribution in [-0.4, -0.2) is 40.8 Å². The third-order valence-corrected chi connectivity index (χ3v) is 5.71. The van der Waals surface area contributed by atoms with Crippen molar-refractivity contribution in [3.8, 4) is 0 Å². The van der Waals surface area contributed by atoms with E-state index in [1.54, 1.807) is 20.8 Å². The van der Waals surface area contributed by atoms with Crippen LogP contribution in [0.4, 0.5) is 4.79 Å². The number of rotatable bonds is 8. The second-order valence-corrected chi connectivity index (χ2v) is 9.37. The fourth-order valence-corrected chi connectivity index (χ4v) is 4.33. The molecule has 160 valence electrons. The van der Waals surface area contributed by atoms with Gasteiger partial charge in [-0.1, -0.05) is 51.4 Å². The highest BCUT2D eigenvalue weighted by molar-refractivity contribution is 5.89. The number of carbonyl (C=O) groups excluding carboxylic acids is 2. The van der Waals surface area contributed by atoms with Gasteiger partial charge in [-0.3, -0.25) is 4.79 Å². The van der Waals surface area contributed by atoms with Crippen molar-refractivity contribution in [2.45, 2.75) is 103 Å². The Hall–Kier alpha value is -1.79. The first-order chi connectivity index (χ1) is 13.1. The van der Waals surface area contributed by atoms with Crippen LogP contribution in [-0.2, 0) is 14.3 Å². The molecule has 2 amide bonds. The number of alkyl carbamates (subject to hydrolysis) is 1. The summed E-state index contributed by atoms with van der Waals surface area (Å²) in [6.45, 7) is 5.29. The van der Waals surface area contributed by atoms with Gasteiger partial charge in [0.25, 0.3) is 0 Å². The highest BCUT2D eigenvalue weighted by atomic mass is 16.6. The molecule has 0 aliphatic heterocycles. The second-order valence-electron chi connectivity index (χ2n) is 9.37. The number of carboxylic acid groups (broad SMARTS) is 1. The lowest BCUT2D eigenvalue weighted by molar-refractivity contribution is -0.142. The highest BCUT2D eigenvalue weighted by Gasteiger charge is 2.32. The summed E-state index contributed by atoms with van der Waals surface area (Å²) in [5.74, 6) is -0.738. The van der Waals surface area contributed by atoms with Crippen molar-refractivity contribution in [3.05, 3.63) is 0 Å². The van der Waals surface area contributed by atoms with Gasteiger partial charge in [0, 0.05) is 0 Å². The Morgan fingerprint density at radius 1 is 0.893 bits per heavy atom. The van der Waals surface area contributed by atoms with Gasteiger partial charge in [-0.2, -0.15) is 0 Å². The monoisotopic (exact) mass is 396 g/mol. The van der Waals surface area contributed by atoms with Gasteiger partial charge in [0.15, 0.2) is 0 Å². The molecule has 0 saturated heterocycles. The van der Waals surface area contributed by atoms with Crippen LogP contribution in [0.3, 0.4) is 0 Å². The first-order valence-electron chi connectivity index (χ1n) is 10.7. The maximum Gasteiger partial charge on any atom is 0.408 e. The molecular formula is C21H36N2O5. The van der Waals surface area contributed by atoms with E-state index in [1.807, 2.05) is 0 Å². The van der Waals surface area contributed by atoms with Crippen LogP contribution in [0.5, 0.6) is 0 Å². The molecule has 7 nitrogen and oxygen atoms in total. The molecule has 0 unspecified atom stereocenters. The highest BCUT2D eigenvalue weighted by Crippen LogP contribution is 2.30. The Bertz CT molecular complexity index is 545. The Morgan fingerprint density at radius 3 is 1.79 bits per heavy atom. The molecule has 0 heterocycles. The van der Waals surface area contributed by atoms with Crippen molar-refractivity contribution in [3.63, 3.8) is 0 Å². The van der Waals surface area contributed by atoms with Crippen LogP contribution in [0, 0.1) is 11.8 Å². The van der Waals surface area contributed by atoms with E-state index in [2.05, 4.69) is 10.6 Å². The van der Waals surface area contributed by atoms with E-state index in [1.165, 1.54) is 0 Å². The predicted molar refractivity (Wildman–Crippen MR) is 106 cm³/mol. The van der Waals surface area contributed by atoms with Gasteiger partial charge >= 0.3 is 12.1 Å². The summed E-state index contributed by atoms with van der Waals surface area (Å²) < 4.78 is 5.30. The number of amides is 2. The molecule has 2 atom stereocenters. The van der Waals surface area contributed by atoms with Crippen molar-refractivity contribution >= 4 is 18.0 Å². The molecule has 2 aliphatic rings. The first-order valence-corrected chi connectivity index (χ1v) is 10.7. The summed E-state index contributed by atoms with van der Waals surface area (Å²) in [6, 6.07) is -1.69. The van der Waals surface area contributed by atoms with Crippen molar-refractivity contribution in [2.24, 2.45) is 11.8 Å². The lowest BCUT2D eigenvalue weighted by atomic mass is 9.96. The van der Waals surface area contributed by atoms with Gasteiger partial charge in [0.05, 0.1) is 0 Å². The van der Waals surface area contributed by atoms with Crippen LogP contribution in [0.15, 0.2) is 0 Å². The molecule has 0 radical (unpaired) electrons. The van der Waals surface area contributed by atoms with E-state index in [4.69, 9.17) is 4.74 Å². The summed E-state index contributed by atoms with van der Waals surface area (Å²) in [6.07, 6.45) is 8.91. The zero-order valence-corrected chi connectivity index (χ0v) is 17.5. The summed E-state index contributed by atoms with van der Waals surface area (Å²) >= 11 is 0. The Morgan fingerprint density at radius 2 is 1.36 bits per heavy atom. The Labute approximate surface area is 168 Å². The van der Waals surface area contributed by atoms with Crippen LogP contribution in [0.25, 0.3) is 0 Å². The van der Waals surface area contributed by atoms with Gasteiger partial charge < -0.3 is 20.5 Å². The molecule has 0 aromatic rings. The summed E-state index contributed by atoms with van der Waals surface area (Å²) in [7, 11) is 0. The molecule has 2 rings (SSSR count). The van der Waals surface area contributed by atoms with Crippen molar-refractivity contribution in [2.75, 3.05) is 0 Å². The summed E-state index contributed by atoms with van der Waals surface area (Å²) in [5, 5.41) is 14.9. The zero-order chi connectivity index (χ0) is 20.7. The number of hydrogen-bond donors (Lipinski definition) is 3. The van der Waals surface area contributed by atoms with Gasteiger partial charge in [0.1, 0.15) is 17.7 Å². The van der Waals surface area contributed by atoms with Crippen LogP contribution >= 0.6 is 0 Å². The zero-order valence-electron chi connectivity index (χ0n) is 17.5. The molecule has 0 aromatic heterocycles. The molecule has 2 fully saturated rings. The van der Waals surface area contributed by atoms with Crippen molar-refractivity contribution in [1.29, 1.82) is 0 Å². The predicted octanol–water partition coefficient (Wildman–Crippen LogP) is 3.61. The second kappa shape index (κ2) is 10.1. The van der Waals surface area contributed by atoms with Crippen molar-refractivity contribution in [1.82, 2.24) is 10.6 Å². The van der Waals surface area contributed by atoms with E-state index >= 15 is 0 Å². The number of nitrogens with one attached hydrogen (secondary N) is 2. The van der Waals surface area contributed by atoms with Crippen molar-refractivity contribution < 1.29 is 24.2 Å². The molecule has 3 N–H and O–H groups in total. The molecule has 28 heavy (non-hydrogen) atoms. The average Bonchev–Trinajstić information content (AvgIpc) is 3.25. The Balaban J connectivity index is 2.00. The van der Waals surface area contributed by atoms with E-state index in [-0.39, 0.29) is 0 Å². The molecule has 0 aromatic carbocycles. The molecule has 0 spiro atoms. The quantitative estimate of drug-likeness (QED) is 0.581. The minimum absolute atomic E-state index is 0.341. The standard InChI is InChI=1S/C21H36N2O5/c1-21(2,3)28-20(27)23-16(12-14-8-4-5-9-14)18(24)22-17(19(25)26)13-15-10-6-7-11-15/h14-17H,4-13H2,1-3H3,(H,22,24)(H,23,27)(H,25,26)/t16-,17+/m1/s1. The third-order valence-electron chi connectivity index (χ3n) is 5.71. The normalized spacial score (nSPS) is 20.5. The number of hydrogen-bond acceptors (Lipinski definition) is 4. The first kappa shape index (κ1) is 22.5. The summed E-state index contributed by atoms with van der Waals surface area (Å²) in [5.41, 5.74) is -0.662. The molecule has 0 bridgehead atoms. The number of carboxylic acids is 1. The fraction of sp³-hybridized carbons (Fsp3) is 0.857. The SMILES string of the molecule is CC(C)(C)OC(=O)N[C@H](CC1CCCC1)C(=O)N[C@@H](CC1CCCC1)C(=O)O. The molecular weight excluding hydrogens is 360 g/mol. The third kappa shape index (κ3) is 7.68. The van der Waals surface area contributed by atoms with E-state index in [9.17, 15) is 19.5 Å². The van der Waals surface area contributed by atoms with E-state index in [0.717, 1.165) is 51.4 Å². The fourth-order valence-electron chi connectivity index (χ4n) is 4.33. The van der Waals surface area contributed by atoms with Crippen LogP contribution < -0.4 is 10.6 Å². The molecule has 2 saturated carbocycles. The molecule has 7 heteroatoms. The minimum Gasteiger partial charge on any atom is -0.480 e. The minimum atomic E-state index is -1.02. The number of aliphatic carboxylic acids is 1. The maximum atomic E-state index is 12.9. The lowest BCUT2D eigenvalue weighted by Gasteiger charge is -2.26. The van der Waals surface area contributed by atoms with E-state index in [0.29, 0.717) is 24.7 Å². The van der Waals surface area contributed by atoms with Gasteiger partial charge in [-0.15, -0.1) is 0 Å². The Kier molecular flexibility index (Phi) is 8.13. The van der Waals surface area contributed by atoms with Crippen LogP contribution in [0.2, 0.25) is 0 Å². The smallest absolute Gasteiger partial charge is 0.408 e. The van der Waals surface area contributed by atoms with Gasteiger partial charge in [0.2, 0.25) is 5.91 Å². The average molecular weight is 397 g/mol. The number of carbonyl (C=O) groups is 3. The lowest BCUT2D eigenvalue weighted by Crippen LogP contribution is -2.53. The topological polar surface area (TPSA) is 105 Å². The van der Waals surface area contributed by atoms with Gasteiger partial charge in [-0.25, -0.2) is 9.59 Å².